The minimum atomic E-state index is -1.14. The van der Waals surface area contributed by atoms with Crippen molar-refractivity contribution in [1.29, 1.82) is 0 Å². The Kier molecular flexibility index (Phi) is 5.51. The number of hydrogen-bond acceptors (Lipinski definition) is 5. The summed E-state index contributed by atoms with van der Waals surface area (Å²) in [4.78, 5) is 26.9. The van der Waals surface area contributed by atoms with Crippen molar-refractivity contribution in [2.24, 2.45) is 0 Å². The van der Waals surface area contributed by atoms with E-state index in [0.717, 1.165) is 5.56 Å². The fourth-order valence-corrected chi connectivity index (χ4v) is 1.90. The number of nitrogens with one attached hydrogen (secondary N) is 1. The average Bonchev–Trinajstić information content (AvgIpc) is 2.54. The summed E-state index contributed by atoms with van der Waals surface area (Å²) in [5.41, 5.74) is 7.64. The minimum absolute atomic E-state index is 0.0331. The van der Waals surface area contributed by atoms with Gasteiger partial charge in [0.1, 0.15) is 12.6 Å². The molecule has 0 aliphatic heterocycles. The van der Waals surface area contributed by atoms with Crippen LogP contribution in [0.15, 0.2) is 48.8 Å². The Hall–Kier alpha value is -3.09. The number of carbonyl (C=O) groups excluding carboxylic acids is 1. The van der Waals surface area contributed by atoms with Crippen molar-refractivity contribution < 1.29 is 19.4 Å². The Bertz CT molecular complexity index is 659. The molecular formula is C16H17N3O4. The Labute approximate surface area is 133 Å². The Morgan fingerprint density at radius 3 is 2.57 bits per heavy atom. The maximum Gasteiger partial charge on any atom is 0.408 e. The van der Waals surface area contributed by atoms with E-state index in [1.54, 1.807) is 48.8 Å². The molecule has 0 saturated heterocycles. The normalized spacial score (nSPS) is 11.5. The van der Waals surface area contributed by atoms with E-state index in [4.69, 9.17) is 10.5 Å². The van der Waals surface area contributed by atoms with Gasteiger partial charge in [-0.3, -0.25) is 4.98 Å². The SMILES string of the molecule is Nc1ccc(COC(=O)N[C@@H](Cc2cccnc2)C(=O)O)cc1. The first-order valence-corrected chi connectivity index (χ1v) is 6.94. The molecule has 2 rings (SSSR count). The smallest absolute Gasteiger partial charge is 0.408 e. The maximum absolute atomic E-state index is 11.8. The lowest BCUT2D eigenvalue weighted by Gasteiger charge is -2.14. The number of rotatable bonds is 6. The molecule has 1 amide bonds. The zero-order valence-electron chi connectivity index (χ0n) is 12.3. The van der Waals surface area contributed by atoms with E-state index in [1.807, 2.05) is 0 Å². The Morgan fingerprint density at radius 1 is 1.22 bits per heavy atom. The quantitative estimate of drug-likeness (QED) is 0.697. The monoisotopic (exact) mass is 315 g/mol. The summed E-state index contributed by atoms with van der Waals surface area (Å²) in [6.45, 7) is 0.0331. The summed E-state index contributed by atoms with van der Waals surface area (Å²) < 4.78 is 5.02. The number of benzene rings is 1. The fourth-order valence-electron chi connectivity index (χ4n) is 1.90. The number of aromatic nitrogens is 1. The van der Waals surface area contributed by atoms with Gasteiger partial charge >= 0.3 is 12.1 Å². The van der Waals surface area contributed by atoms with Crippen LogP contribution in [0.2, 0.25) is 0 Å². The van der Waals surface area contributed by atoms with Gasteiger partial charge in [-0.25, -0.2) is 9.59 Å². The molecule has 0 spiro atoms. The largest absolute Gasteiger partial charge is 0.480 e. The first-order chi connectivity index (χ1) is 11.0. The van der Waals surface area contributed by atoms with Gasteiger partial charge in [-0.1, -0.05) is 18.2 Å². The van der Waals surface area contributed by atoms with E-state index in [2.05, 4.69) is 10.3 Å². The van der Waals surface area contributed by atoms with Crippen LogP contribution < -0.4 is 11.1 Å². The molecule has 0 bridgehead atoms. The van der Waals surface area contributed by atoms with Crippen LogP contribution in [0.3, 0.4) is 0 Å². The van der Waals surface area contributed by atoms with Crippen molar-refractivity contribution in [3.63, 3.8) is 0 Å². The van der Waals surface area contributed by atoms with E-state index in [0.29, 0.717) is 11.3 Å². The van der Waals surface area contributed by atoms with Gasteiger partial charge in [-0.05, 0) is 29.3 Å². The molecule has 7 heteroatoms. The molecule has 23 heavy (non-hydrogen) atoms. The number of nitrogens with zero attached hydrogens (tertiary/aromatic N) is 1. The molecule has 1 heterocycles. The first-order valence-electron chi connectivity index (χ1n) is 6.94. The lowest BCUT2D eigenvalue weighted by atomic mass is 10.1. The van der Waals surface area contributed by atoms with Crippen LogP contribution in [0.5, 0.6) is 0 Å². The van der Waals surface area contributed by atoms with Crippen molar-refractivity contribution in [3.05, 3.63) is 59.9 Å². The molecule has 0 fully saturated rings. The third kappa shape index (κ3) is 5.31. The van der Waals surface area contributed by atoms with Crippen LogP contribution in [-0.4, -0.2) is 28.2 Å². The minimum Gasteiger partial charge on any atom is -0.480 e. The highest BCUT2D eigenvalue weighted by molar-refractivity contribution is 5.80. The van der Waals surface area contributed by atoms with E-state index < -0.39 is 18.1 Å². The summed E-state index contributed by atoms with van der Waals surface area (Å²) in [7, 11) is 0. The van der Waals surface area contributed by atoms with Gasteiger partial charge < -0.3 is 20.9 Å². The van der Waals surface area contributed by atoms with Gasteiger partial charge in [-0.2, -0.15) is 0 Å². The number of nitrogen functional groups attached to an aromatic ring is 1. The van der Waals surface area contributed by atoms with Gasteiger partial charge in [0.15, 0.2) is 0 Å². The maximum atomic E-state index is 11.8. The van der Waals surface area contributed by atoms with Crippen LogP contribution in [-0.2, 0) is 22.6 Å². The number of pyridine rings is 1. The number of aliphatic carboxylic acids is 1. The molecule has 7 nitrogen and oxygen atoms in total. The van der Waals surface area contributed by atoms with E-state index >= 15 is 0 Å². The molecule has 0 radical (unpaired) electrons. The van der Waals surface area contributed by atoms with Gasteiger partial charge in [0, 0.05) is 24.5 Å². The van der Waals surface area contributed by atoms with Crippen LogP contribution in [0, 0.1) is 0 Å². The van der Waals surface area contributed by atoms with Crippen molar-refractivity contribution in [2.75, 3.05) is 5.73 Å². The second-order valence-corrected chi connectivity index (χ2v) is 4.92. The molecule has 0 unspecified atom stereocenters. The average molecular weight is 315 g/mol. The fraction of sp³-hybridized carbons (Fsp3) is 0.188. The summed E-state index contributed by atoms with van der Waals surface area (Å²) in [5.74, 6) is -1.14. The van der Waals surface area contributed by atoms with Crippen LogP contribution in [0.4, 0.5) is 10.5 Å². The van der Waals surface area contributed by atoms with E-state index in [-0.39, 0.29) is 13.0 Å². The number of ether oxygens (including phenoxy) is 1. The van der Waals surface area contributed by atoms with E-state index in [1.165, 1.54) is 0 Å². The van der Waals surface area contributed by atoms with Crippen molar-refractivity contribution in [1.82, 2.24) is 10.3 Å². The van der Waals surface area contributed by atoms with Crippen LogP contribution in [0.1, 0.15) is 11.1 Å². The second kappa shape index (κ2) is 7.79. The Morgan fingerprint density at radius 2 is 1.96 bits per heavy atom. The summed E-state index contributed by atoms with van der Waals surface area (Å²) >= 11 is 0. The number of carboxylic acids is 1. The second-order valence-electron chi connectivity index (χ2n) is 4.92. The van der Waals surface area contributed by atoms with Crippen LogP contribution in [0.25, 0.3) is 0 Å². The molecular weight excluding hydrogens is 298 g/mol. The molecule has 1 atom stereocenters. The first kappa shape index (κ1) is 16.3. The molecule has 4 N–H and O–H groups in total. The van der Waals surface area contributed by atoms with Gasteiger partial charge in [0.2, 0.25) is 0 Å². The van der Waals surface area contributed by atoms with Gasteiger partial charge in [-0.15, -0.1) is 0 Å². The van der Waals surface area contributed by atoms with Crippen LogP contribution >= 0.6 is 0 Å². The topological polar surface area (TPSA) is 115 Å². The van der Waals surface area contributed by atoms with Gasteiger partial charge in [0.05, 0.1) is 0 Å². The number of anilines is 1. The third-order valence-electron chi connectivity index (χ3n) is 3.10. The number of alkyl carbamates (subject to hydrolysis) is 1. The van der Waals surface area contributed by atoms with Gasteiger partial charge in [0.25, 0.3) is 0 Å². The zero-order valence-corrected chi connectivity index (χ0v) is 12.3. The van der Waals surface area contributed by atoms with Crippen molar-refractivity contribution >= 4 is 17.7 Å². The number of hydrogen-bond donors (Lipinski definition) is 3. The standard InChI is InChI=1S/C16H17N3O4/c17-13-5-3-11(4-6-13)10-23-16(22)19-14(15(20)21)8-12-2-1-7-18-9-12/h1-7,9,14H,8,10,17H2,(H,19,22)(H,20,21)/t14-/m0/s1. The van der Waals surface area contributed by atoms with E-state index in [9.17, 15) is 14.7 Å². The highest BCUT2D eigenvalue weighted by atomic mass is 16.5. The predicted octanol–water partition coefficient (Wildman–Crippen LogP) is 1.59. The highest BCUT2D eigenvalue weighted by Gasteiger charge is 2.21. The summed E-state index contributed by atoms with van der Waals surface area (Å²) in [5, 5.41) is 11.5. The lowest BCUT2D eigenvalue weighted by Crippen LogP contribution is -2.42. The third-order valence-corrected chi connectivity index (χ3v) is 3.10. The molecule has 2 aromatic rings. The summed E-state index contributed by atoms with van der Waals surface area (Å²) in [6, 6.07) is 9.20. The van der Waals surface area contributed by atoms with Crippen molar-refractivity contribution in [3.8, 4) is 0 Å². The summed E-state index contributed by atoms with van der Waals surface area (Å²) in [6.07, 6.45) is 2.48. The predicted molar refractivity (Wildman–Crippen MR) is 83.5 cm³/mol. The lowest BCUT2D eigenvalue weighted by molar-refractivity contribution is -0.139. The molecule has 0 aliphatic rings. The Balaban J connectivity index is 1.88. The number of nitrogens with two attached hydrogens (primary N) is 1. The number of amides is 1. The van der Waals surface area contributed by atoms with Crippen molar-refractivity contribution in [2.45, 2.75) is 19.1 Å². The molecule has 120 valence electrons. The molecule has 1 aromatic heterocycles. The molecule has 1 aromatic carbocycles. The zero-order chi connectivity index (χ0) is 16.7. The highest BCUT2D eigenvalue weighted by Crippen LogP contribution is 2.07. The number of carboxylic acid groups (broad SMARTS) is 1. The molecule has 0 saturated carbocycles. The number of carbonyl (C=O) groups is 2. The molecule has 0 aliphatic carbocycles.